The first-order valence-corrected chi connectivity index (χ1v) is 6.69. The second-order valence-electron chi connectivity index (χ2n) is 6.09. The zero-order valence-electron chi connectivity index (χ0n) is 12.5. The molecule has 1 heterocycles. The van der Waals surface area contributed by atoms with E-state index in [9.17, 15) is 13.2 Å². The van der Waals surface area contributed by atoms with Crippen molar-refractivity contribution in [3.05, 3.63) is 29.8 Å². The second kappa shape index (κ2) is 5.21. The SMILES string of the molecule is CC1(C)OB(Cc2cccc(OC(F)(F)F)c2)OC1(C)C. The van der Waals surface area contributed by atoms with Crippen molar-refractivity contribution in [2.75, 3.05) is 0 Å². The highest BCUT2D eigenvalue weighted by Gasteiger charge is 2.50. The van der Waals surface area contributed by atoms with Gasteiger partial charge in [-0.05, 0) is 45.4 Å². The first-order valence-electron chi connectivity index (χ1n) is 6.69. The van der Waals surface area contributed by atoms with Crippen LogP contribution in [0.4, 0.5) is 13.2 Å². The van der Waals surface area contributed by atoms with Gasteiger partial charge in [0.25, 0.3) is 0 Å². The molecule has 1 fully saturated rings. The minimum absolute atomic E-state index is 0.239. The molecule has 1 aromatic carbocycles. The van der Waals surface area contributed by atoms with Crippen molar-refractivity contribution in [2.24, 2.45) is 0 Å². The minimum atomic E-state index is -4.69. The van der Waals surface area contributed by atoms with Crippen LogP contribution < -0.4 is 4.74 Å². The summed E-state index contributed by atoms with van der Waals surface area (Å²) < 4.78 is 52.2. The van der Waals surface area contributed by atoms with E-state index in [1.54, 1.807) is 6.07 Å². The summed E-state index contributed by atoms with van der Waals surface area (Å²) in [5, 5.41) is 0. The first kappa shape index (κ1) is 16.2. The maximum absolute atomic E-state index is 12.2. The lowest BCUT2D eigenvalue weighted by atomic mass is 9.81. The zero-order valence-corrected chi connectivity index (χ0v) is 12.5. The summed E-state index contributed by atoms with van der Waals surface area (Å²) in [6.45, 7) is 7.71. The molecule has 21 heavy (non-hydrogen) atoms. The molecule has 3 nitrogen and oxygen atoms in total. The van der Waals surface area contributed by atoms with Crippen LogP contribution in [-0.4, -0.2) is 24.7 Å². The van der Waals surface area contributed by atoms with Gasteiger partial charge in [0.1, 0.15) is 5.75 Å². The van der Waals surface area contributed by atoms with E-state index >= 15 is 0 Å². The van der Waals surface area contributed by atoms with Crippen LogP contribution in [0.5, 0.6) is 5.75 Å². The van der Waals surface area contributed by atoms with E-state index in [4.69, 9.17) is 9.31 Å². The molecule has 1 aliphatic rings. The van der Waals surface area contributed by atoms with Crippen molar-refractivity contribution in [2.45, 2.75) is 51.6 Å². The third kappa shape index (κ3) is 3.92. The summed E-state index contributed by atoms with van der Waals surface area (Å²) in [5.74, 6) is -0.239. The Morgan fingerprint density at radius 3 is 2.19 bits per heavy atom. The number of hydrogen-bond donors (Lipinski definition) is 0. The van der Waals surface area contributed by atoms with Crippen LogP contribution in [0.2, 0.25) is 0 Å². The molecule has 116 valence electrons. The number of hydrogen-bond acceptors (Lipinski definition) is 3. The van der Waals surface area contributed by atoms with Gasteiger partial charge in [-0.1, -0.05) is 12.1 Å². The lowest BCUT2D eigenvalue weighted by Gasteiger charge is -2.32. The Balaban J connectivity index is 2.06. The number of benzene rings is 1. The van der Waals surface area contributed by atoms with Gasteiger partial charge in [0.05, 0.1) is 11.2 Å². The molecule has 7 heteroatoms. The smallest absolute Gasteiger partial charge is 0.406 e. The quantitative estimate of drug-likeness (QED) is 0.796. The van der Waals surface area contributed by atoms with Crippen molar-refractivity contribution in [1.82, 2.24) is 0 Å². The van der Waals surface area contributed by atoms with Crippen LogP contribution in [0.1, 0.15) is 33.3 Å². The van der Waals surface area contributed by atoms with Crippen molar-refractivity contribution >= 4 is 7.12 Å². The molecule has 0 N–H and O–H groups in total. The third-order valence-corrected chi connectivity index (χ3v) is 3.84. The first-order chi connectivity index (χ1) is 9.48. The van der Waals surface area contributed by atoms with Crippen LogP contribution >= 0.6 is 0 Å². The van der Waals surface area contributed by atoms with Gasteiger partial charge in [0.2, 0.25) is 0 Å². The predicted molar refractivity (Wildman–Crippen MR) is 72.9 cm³/mol. The molecule has 1 aliphatic heterocycles. The fourth-order valence-electron chi connectivity index (χ4n) is 2.11. The van der Waals surface area contributed by atoms with E-state index in [-0.39, 0.29) is 5.75 Å². The highest BCUT2D eigenvalue weighted by Crippen LogP contribution is 2.37. The normalized spacial score (nSPS) is 20.6. The van der Waals surface area contributed by atoms with E-state index < -0.39 is 24.7 Å². The Bertz CT molecular complexity index is 498. The molecule has 0 saturated carbocycles. The van der Waals surface area contributed by atoms with E-state index in [1.165, 1.54) is 18.2 Å². The van der Waals surface area contributed by atoms with Crippen LogP contribution in [0.3, 0.4) is 0 Å². The Morgan fingerprint density at radius 1 is 1.10 bits per heavy atom. The van der Waals surface area contributed by atoms with Crippen molar-refractivity contribution in [3.8, 4) is 5.75 Å². The molecule has 0 atom stereocenters. The van der Waals surface area contributed by atoms with Crippen molar-refractivity contribution in [3.63, 3.8) is 0 Å². The fraction of sp³-hybridized carbons (Fsp3) is 0.571. The largest absolute Gasteiger partial charge is 0.573 e. The Labute approximate surface area is 122 Å². The standard InChI is InChI=1S/C14H18BF3O3/c1-12(2)13(3,4)21-15(20-12)9-10-6-5-7-11(8-10)19-14(16,17)18/h5-8H,9H2,1-4H3. The second-order valence-corrected chi connectivity index (χ2v) is 6.09. The molecule has 0 amide bonds. The van der Waals surface area contributed by atoms with Crippen molar-refractivity contribution < 1.29 is 27.2 Å². The third-order valence-electron chi connectivity index (χ3n) is 3.84. The molecule has 2 rings (SSSR count). The van der Waals surface area contributed by atoms with E-state index in [0.29, 0.717) is 11.9 Å². The maximum Gasteiger partial charge on any atom is 0.573 e. The zero-order chi connectivity index (χ0) is 15.9. The van der Waals surface area contributed by atoms with Crippen LogP contribution in [-0.2, 0) is 15.6 Å². The highest BCUT2D eigenvalue weighted by molar-refractivity contribution is 6.45. The molecule has 0 bridgehead atoms. The van der Waals surface area contributed by atoms with Gasteiger partial charge in [-0.15, -0.1) is 13.2 Å². The summed E-state index contributed by atoms with van der Waals surface area (Å²) in [6.07, 6.45) is -4.33. The van der Waals surface area contributed by atoms with Gasteiger partial charge in [-0.25, -0.2) is 0 Å². The van der Waals surface area contributed by atoms with Crippen molar-refractivity contribution in [1.29, 1.82) is 0 Å². The van der Waals surface area contributed by atoms with E-state index in [2.05, 4.69) is 4.74 Å². The summed E-state index contributed by atoms with van der Waals surface area (Å²) in [5.41, 5.74) is -0.259. The summed E-state index contributed by atoms with van der Waals surface area (Å²) in [6, 6.07) is 5.84. The topological polar surface area (TPSA) is 27.7 Å². The number of halogens is 3. The molecular formula is C14H18BF3O3. The van der Waals surface area contributed by atoms with Crippen LogP contribution in [0.15, 0.2) is 24.3 Å². The molecule has 1 saturated heterocycles. The number of alkyl halides is 3. The average molecular weight is 302 g/mol. The average Bonchev–Trinajstić information content (AvgIpc) is 2.44. The molecular weight excluding hydrogens is 284 g/mol. The van der Waals surface area contributed by atoms with Gasteiger partial charge in [0, 0.05) is 6.32 Å². The monoisotopic (exact) mass is 302 g/mol. The summed E-state index contributed by atoms with van der Waals surface area (Å²) in [4.78, 5) is 0. The Kier molecular flexibility index (Phi) is 4.01. The molecule has 0 aromatic heterocycles. The maximum atomic E-state index is 12.2. The molecule has 0 spiro atoms. The van der Waals surface area contributed by atoms with Gasteiger partial charge in [0.15, 0.2) is 0 Å². The fourth-order valence-corrected chi connectivity index (χ4v) is 2.11. The molecule has 0 radical (unpaired) electrons. The predicted octanol–water partition coefficient (Wildman–Crippen LogP) is 3.76. The number of rotatable bonds is 3. The summed E-state index contributed by atoms with van der Waals surface area (Å²) >= 11 is 0. The van der Waals surface area contributed by atoms with E-state index in [1.807, 2.05) is 27.7 Å². The van der Waals surface area contributed by atoms with E-state index in [0.717, 1.165) is 0 Å². The molecule has 1 aromatic rings. The minimum Gasteiger partial charge on any atom is -0.406 e. The van der Waals surface area contributed by atoms with Gasteiger partial charge in [-0.3, -0.25) is 0 Å². The molecule has 0 aliphatic carbocycles. The molecule has 0 unspecified atom stereocenters. The Morgan fingerprint density at radius 2 is 1.67 bits per heavy atom. The highest BCUT2D eigenvalue weighted by atomic mass is 19.4. The number of ether oxygens (including phenoxy) is 1. The summed E-state index contributed by atoms with van der Waals surface area (Å²) in [7, 11) is -0.490. The van der Waals surface area contributed by atoms with Gasteiger partial charge in [-0.2, -0.15) is 0 Å². The van der Waals surface area contributed by atoms with Crippen LogP contribution in [0, 0.1) is 0 Å². The van der Waals surface area contributed by atoms with Gasteiger partial charge >= 0.3 is 13.5 Å². The lowest BCUT2D eigenvalue weighted by molar-refractivity contribution is -0.274. The van der Waals surface area contributed by atoms with Gasteiger partial charge < -0.3 is 14.0 Å². The lowest BCUT2D eigenvalue weighted by Crippen LogP contribution is -2.41. The Hall–Kier alpha value is -1.21. The van der Waals surface area contributed by atoms with Crippen LogP contribution in [0.25, 0.3) is 0 Å².